The van der Waals surface area contributed by atoms with Gasteiger partial charge in [0.15, 0.2) is 0 Å². The van der Waals surface area contributed by atoms with Crippen LogP contribution in [-0.2, 0) is 22.7 Å². The summed E-state index contributed by atoms with van der Waals surface area (Å²) in [7, 11) is 0. The minimum atomic E-state index is -0.0503. The molecular formula is C36H30Br2Cl2N2O2. The molecule has 0 saturated heterocycles. The normalized spacial score (nSPS) is 17.0. The van der Waals surface area contributed by atoms with Crippen molar-refractivity contribution in [1.29, 1.82) is 0 Å². The Morgan fingerprint density at radius 2 is 1.02 bits per heavy atom. The maximum absolute atomic E-state index is 12.1. The Bertz CT molecular complexity index is 1610. The number of hydrogen-bond acceptors (Lipinski definition) is 2. The van der Waals surface area contributed by atoms with E-state index in [1.165, 1.54) is 23.3 Å². The maximum atomic E-state index is 12.1. The van der Waals surface area contributed by atoms with Crippen molar-refractivity contribution < 1.29 is 9.59 Å². The molecule has 0 saturated carbocycles. The van der Waals surface area contributed by atoms with E-state index in [-0.39, 0.29) is 23.7 Å². The van der Waals surface area contributed by atoms with E-state index in [0.717, 1.165) is 41.2 Å². The van der Waals surface area contributed by atoms with Crippen LogP contribution >= 0.6 is 55.1 Å². The molecule has 0 aromatic heterocycles. The molecule has 4 aromatic carbocycles. The summed E-state index contributed by atoms with van der Waals surface area (Å²) in [5.41, 5.74) is 6.82. The van der Waals surface area contributed by atoms with Gasteiger partial charge < -0.3 is 9.80 Å². The Morgan fingerprint density at radius 3 is 1.39 bits per heavy atom. The molecule has 2 amide bonds. The Labute approximate surface area is 285 Å². The topological polar surface area (TPSA) is 40.6 Å². The number of benzene rings is 4. The Hall–Kier alpha value is -3.16. The summed E-state index contributed by atoms with van der Waals surface area (Å²) < 4.78 is 2.07. The third-order valence-electron chi connectivity index (χ3n) is 8.03. The van der Waals surface area contributed by atoms with Crippen LogP contribution in [0.2, 0.25) is 10.0 Å². The molecule has 0 fully saturated rings. The van der Waals surface area contributed by atoms with Gasteiger partial charge in [0.25, 0.3) is 0 Å². The van der Waals surface area contributed by atoms with Gasteiger partial charge in [-0.15, -0.1) is 0 Å². The van der Waals surface area contributed by atoms with Crippen molar-refractivity contribution in [2.45, 2.75) is 24.9 Å². The smallest absolute Gasteiger partial charge is 0.246 e. The molecule has 0 N–H and O–H groups in total. The van der Waals surface area contributed by atoms with Crippen LogP contribution in [0.1, 0.15) is 45.2 Å². The fourth-order valence-corrected chi connectivity index (χ4v) is 7.18. The first-order valence-corrected chi connectivity index (χ1v) is 16.4. The van der Waals surface area contributed by atoms with E-state index in [0.29, 0.717) is 26.2 Å². The zero-order valence-corrected chi connectivity index (χ0v) is 28.5. The van der Waals surface area contributed by atoms with Crippen molar-refractivity contribution in [2.24, 2.45) is 0 Å². The molecular weight excluding hydrogens is 723 g/mol. The summed E-state index contributed by atoms with van der Waals surface area (Å²) in [5, 5.41) is 1.46. The van der Waals surface area contributed by atoms with Crippen molar-refractivity contribution in [3.63, 3.8) is 0 Å². The second-order valence-corrected chi connectivity index (χ2v) is 13.3. The zero-order chi connectivity index (χ0) is 31.4. The lowest BCUT2D eigenvalue weighted by Crippen LogP contribution is -2.37. The van der Waals surface area contributed by atoms with Gasteiger partial charge in [-0.25, -0.2) is 0 Å². The fourth-order valence-electron chi connectivity index (χ4n) is 5.89. The average Bonchev–Trinajstić information content (AvgIpc) is 3.04. The van der Waals surface area contributed by atoms with Gasteiger partial charge in [0.2, 0.25) is 11.8 Å². The van der Waals surface area contributed by atoms with Crippen LogP contribution in [0, 0.1) is 0 Å². The number of fused-ring (bicyclic) bond motifs is 2. The van der Waals surface area contributed by atoms with E-state index in [2.05, 4.69) is 69.3 Å². The van der Waals surface area contributed by atoms with Crippen molar-refractivity contribution >= 4 is 66.9 Å². The molecule has 0 unspecified atom stereocenters. The van der Waals surface area contributed by atoms with Crippen molar-refractivity contribution in [2.75, 3.05) is 13.1 Å². The van der Waals surface area contributed by atoms with Crippen LogP contribution in [0.3, 0.4) is 0 Å². The summed E-state index contributed by atoms with van der Waals surface area (Å²) >= 11 is 19.9. The first kappa shape index (κ1) is 32.2. The van der Waals surface area contributed by atoms with E-state index in [9.17, 15) is 9.59 Å². The Balaban J connectivity index is 0.000000175. The molecule has 8 heteroatoms. The van der Waals surface area contributed by atoms with E-state index in [1.807, 2.05) is 70.5 Å². The molecule has 2 aliphatic heterocycles. The molecule has 44 heavy (non-hydrogen) atoms. The molecule has 0 spiro atoms. The molecule has 2 aliphatic rings. The number of carbonyl (C=O) groups is 2. The minimum Gasteiger partial charge on any atom is -0.334 e. The van der Waals surface area contributed by atoms with Crippen molar-refractivity contribution in [3.05, 3.63) is 163 Å². The lowest BCUT2D eigenvalue weighted by Gasteiger charge is -2.35. The van der Waals surface area contributed by atoms with Gasteiger partial charge in [-0.05, 0) is 81.9 Å². The van der Waals surface area contributed by atoms with Gasteiger partial charge in [-0.1, -0.05) is 117 Å². The highest BCUT2D eigenvalue weighted by Gasteiger charge is 2.31. The lowest BCUT2D eigenvalue weighted by atomic mass is 9.84. The molecule has 0 bridgehead atoms. The van der Waals surface area contributed by atoms with Crippen molar-refractivity contribution in [1.82, 2.24) is 9.80 Å². The minimum absolute atomic E-state index is 0.0503. The molecule has 2 atom stereocenters. The number of rotatable bonds is 4. The summed E-state index contributed by atoms with van der Waals surface area (Å²) in [4.78, 5) is 27.8. The Morgan fingerprint density at radius 1 is 0.636 bits per heavy atom. The number of hydrogen-bond donors (Lipinski definition) is 0. The van der Waals surface area contributed by atoms with Gasteiger partial charge in [0.1, 0.15) is 0 Å². The average molecular weight is 753 g/mol. The standard InChI is InChI=1S/2C18H15BrClNO/c2*1-2-18(22)21-10-12-7-8-13(19)9-15(12)16(11-21)14-5-3-4-6-17(14)20/h2*2-9,16H,1,10-11H2/t2*16-/m10/s1. The summed E-state index contributed by atoms with van der Waals surface area (Å²) in [5.74, 6) is 0.0361. The van der Waals surface area contributed by atoms with Crippen molar-refractivity contribution in [3.8, 4) is 0 Å². The van der Waals surface area contributed by atoms with Crippen LogP contribution in [0.4, 0.5) is 0 Å². The van der Waals surface area contributed by atoms with Gasteiger partial charge in [0.05, 0.1) is 0 Å². The van der Waals surface area contributed by atoms with Crippen LogP contribution in [0.25, 0.3) is 0 Å². The molecule has 0 aliphatic carbocycles. The monoisotopic (exact) mass is 750 g/mol. The molecule has 4 aromatic rings. The second kappa shape index (κ2) is 14.3. The zero-order valence-electron chi connectivity index (χ0n) is 23.9. The van der Waals surface area contributed by atoms with Gasteiger partial charge in [0, 0.05) is 57.0 Å². The van der Waals surface area contributed by atoms with E-state index < -0.39 is 0 Å². The highest BCUT2D eigenvalue weighted by Crippen LogP contribution is 2.39. The number of carbonyl (C=O) groups excluding carboxylic acids is 2. The van der Waals surface area contributed by atoms with E-state index >= 15 is 0 Å². The molecule has 6 rings (SSSR count). The largest absolute Gasteiger partial charge is 0.334 e. The van der Waals surface area contributed by atoms with Crippen LogP contribution in [0.5, 0.6) is 0 Å². The molecule has 4 nitrogen and oxygen atoms in total. The van der Waals surface area contributed by atoms with Gasteiger partial charge in [-0.2, -0.15) is 0 Å². The first-order valence-electron chi connectivity index (χ1n) is 14.1. The van der Waals surface area contributed by atoms with Crippen LogP contribution < -0.4 is 0 Å². The fraction of sp³-hybridized carbons (Fsp3) is 0.167. The van der Waals surface area contributed by atoms with E-state index in [4.69, 9.17) is 23.2 Å². The number of nitrogens with zero attached hydrogens (tertiary/aromatic N) is 2. The van der Waals surface area contributed by atoms with Crippen LogP contribution in [-0.4, -0.2) is 34.7 Å². The lowest BCUT2D eigenvalue weighted by molar-refractivity contribution is -0.127. The maximum Gasteiger partial charge on any atom is 0.246 e. The predicted octanol–water partition coefficient (Wildman–Crippen LogP) is 9.53. The molecule has 2 heterocycles. The number of amides is 2. The Kier molecular flexibility index (Phi) is 10.5. The third kappa shape index (κ3) is 7.05. The predicted molar refractivity (Wildman–Crippen MR) is 186 cm³/mol. The highest BCUT2D eigenvalue weighted by molar-refractivity contribution is 9.10. The van der Waals surface area contributed by atoms with Gasteiger partial charge in [-0.3, -0.25) is 9.59 Å². The van der Waals surface area contributed by atoms with Crippen LogP contribution in [0.15, 0.2) is 119 Å². The van der Waals surface area contributed by atoms with Gasteiger partial charge >= 0.3 is 0 Å². The summed E-state index contributed by atoms with van der Waals surface area (Å²) in [6, 6.07) is 28.0. The quantitative estimate of drug-likeness (QED) is 0.195. The third-order valence-corrected chi connectivity index (χ3v) is 9.70. The summed E-state index contributed by atoms with van der Waals surface area (Å²) in [6.07, 6.45) is 2.74. The molecule has 224 valence electrons. The second-order valence-electron chi connectivity index (χ2n) is 10.7. The highest BCUT2D eigenvalue weighted by atomic mass is 79.9. The molecule has 0 radical (unpaired) electrons. The first-order chi connectivity index (χ1) is 21.2. The summed E-state index contributed by atoms with van der Waals surface area (Å²) in [6.45, 7) is 9.62. The number of halogens is 4. The van der Waals surface area contributed by atoms with E-state index in [1.54, 1.807) is 0 Å². The SMILES string of the molecule is C=CC(=O)N1Cc2ccc(Br)cc2[C@@H](c2ccccc2Cl)C1.C=CC(=O)N1Cc2ccc(Br)cc2[C@H](c2ccccc2Cl)C1.